The van der Waals surface area contributed by atoms with Crippen LogP contribution in [0.5, 0.6) is 0 Å². The van der Waals surface area contributed by atoms with Gasteiger partial charge >= 0.3 is 0 Å². The molecule has 1 aromatic carbocycles. The SMILES string of the molecule is CC1(CCN2CCc3c(Br)ccc(F)c3C2)CCOCC1. The van der Waals surface area contributed by atoms with E-state index in [1.165, 1.54) is 6.42 Å². The molecular weight excluding hydrogens is 333 g/mol. The summed E-state index contributed by atoms with van der Waals surface area (Å²) in [5, 5.41) is 0. The summed E-state index contributed by atoms with van der Waals surface area (Å²) in [5.41, 5.74) is 2.44. The smallest absolute Gasteiger partial charge is 0.128 e. The highest BCUT2D eigenvalue weighted by atomic mass is 79.9. The molecule has 0 N–H and O–H groups in total. The van der Waals surface area contributed by atoms with Gasteiger partial charge in [0.15, 0.2) is 0 Å². The van der Waals surface area contributed by atoms with Gasteiger partial charge in [0.05, 0.1) is 0 Å². The molecule has 0 aliphatic carbocycles. The Bertz CT molecular complexity index is 514. The van der Waals surface area contributed by atoms with Gasteiger partial charge in [0, 0.05) is 36.3 Å². The Labute approximate surface area is 134 Å². The van der Waals surface area contributed by atoms with Crippen molar-refractivity contribution >= 4 is 15.9 Å². The standard InChI is InChI=1S/C17H23BrFNO/c1-17(6-10-21-11-7-17)5-9-20-8-4-13-14(12-20)16(19)3-2-15(13)18/h2-3H,4-12H2,1H3. The van der Waals surface area contributed by atoms with Crippen LogP contribution in [0.2, 0.25) is 0 Å². The third-order valence-electron chi connectivity index (χ3n) is 5.11. The minimum absolute atomic E-state index is 0.0600. The van der Waals surface area contributed by atoms with Crippen molar-refractivity contribution in [1.29, 1.82) is 0 Å². The predicted octanol–water partition coefficient (Wildman–Crippen LogP) is 4.15. The molecule has 2 heterocycles. The maximum Gasteiger partial charge on any atom is 0.128 e. The summed E-state index contributed by atoms with van der Waals surface area (Å²) in [4.78, 5) is 2.40. The van der Waals surface area contributed by atoms with E-state index in [9.17, 15) is 4.39 Å². The quantitative estimate of drug-likeness (QED) is 0.807. The zero-order valence-corrected chi connectivity index (χ0v) is 14.2. The summed E-state index contributed by atoms with van der Waals surface area (Å²) >= 11 is 3.55. The van der Waals surface area contributed by atoms with E-state index < -0.39 is 0 Å². The molecule has 21 heavy (non-hydrogen) atoms. The van der Waals surface area contributed by atoms with E-state index in [1.807, 2.05) is 6.07 Å². The van der Waals surface area contributed by atoms with Crippen molar-refractivity contribution in [2.24, 2.45) is 5.41 Å². The molecule has 0 bridgehead atoms. The Morgan fingerprint density at radius 3 is 2.81 bits per heavy atom. The van der Waals surface area contributed by atoms with Crippen LogP contribution in [0.15, 0.2) is 16.6 Å². The average Bonchev–Trinajstić information content (AvgIpc) is 2.50. The normalized spacial score (nSPS) is 22.0. The molecule has 2 nitrogen and oxygen atoms in total. The molecule has 1 fully saturated rings. The second kappa shape index (κ2) is 6.35. The Morgan fingerprint density at radius 2 is 2.05 bits per heavy atom. The number of rotatable bonds is 3. The van der Waals surface area contributed by atoms with Crippen molar-refractivity contribution in [3.8, 4) is 0 Å². The van der Waals surface area contributed by atoms with E-state index >= 15 is 0 Å². The van der Waals surface area contributed by atoms with Crippen LogP contribution in [0, 0.1) is 11.2 Å². The molecule has 1 saturated heterocycles. The van der Waals surface area contributed by atoms with Crippen LogP contribution in [0.4, 0.5) is 4.39 Å². The summed E-state index contributed by atoms with van der Waals surface area (Å²) < 4.78 is 20.5. The van der Waals surface area contributed by atoms with Crippen LogP contribution in [-0.4, -0.2) is 31.2 Å². The van der Waals surface area contributed by atoms with E-state index in [1.54, 1.807) is 6.07 Å². The molecule has 1 aromatic rings. The second-order valence-corrected chi connectivity index (χ2v) is 7.54. The highest BCUT2D eigenvalue weighted by Crippen LogP contribution is 2.35. The average molecular weight is 356 g/mol. The monoisotopic (exact) mass is 355 g/mol. The van der Waals surface area contributed by atoms with Crippen molar-refractivity contribution in [3.63, 3.8) is 0 Å². The van der Waals surface area contributed by atoms with Gasteiger partial charge in [-0.1, -0.05) is 22.9 Å². The van der Waals surface area contributed by atoms with Crippen molar-refractivity contribution in [3.05, 3.63) is 33.5 Å². The molecule has 2 aliphatic heterocycles. The van der Waals surface area contributed by atoms with Crippen molar-refractivity contribution in [2.45, 2.75) is 39.2 Å². The van der Waals surface area contributed by atoms with Gasteiger partial charge in [-0.2, -0.15) is 0 Å². The van der Waals surface area contributed by atoms with E-state index in [-0.39, 0.29) is 5.82 Å². The zero-order chi connectivity index (χ0) is 14.9. The number of halogens is 2. The Hall–Kier alpha value is -0.450. The molecule has 0 saturated carbocycles. The summed E-state index contributed by atoms with van der Waals surface area (Å²) in [6, 6.07) is 3.40. The van der Waals surface area contributed by atoms with Crippen LogP contribution < -0.4 is 0 Å². The topological polar surface area (TPSA) is 12.5 Å². The fourth-order valence-electron chi connectivity index (χ4n) is 3.38. The van der Waals surface area contributed by atoms with Gasteiger partial charge in [0.1, 0.15) is 5.82 Å². The summed E-state index contributed by atoms with van der Waals surface area (Å²) in [7, 11) is 0. The molecule has 0 amide bonds. The van der Waals surface area contributed by atoms with E-state index in [4.69, 9.17) is 4.74 Å². The number of fused-ring (bicyclic) bond motifs is 1. The lowest BCUT2D eigenvalue weighted by Gasteiger charge is -2.37. The van der Waals surface area contributed by atoms with Crippen LogP contribution >= 0.6 is 15.9 Å². The third kappa shape index (κ3) is 3.49. The first-order chi connectivity index (χ1) is 10.1. The van der Waals surface area contributed by atoms with Gasteiger partial charge in [-0.25, -0.2) is 4.39 Å². The summed E-state index contributed by atoms with van der Waals surface area (Å²) in [6.45, 7) is 6.98. The summed E-state index contributed by atoms with van der Waals surface area (Å²) in [6.07, 6.45) is 4.42. The molecule has 4 heteroatoms. The second-order valence-electron chi connectivity index (χ2n) is 6.69. The molecule has 0 aromatic heterocycles. The number of hydrogen-bond donors (Lipinski definition) is 0. The largest absolute Gasteiger partial charge is 0.381 e. The van der Waals surface area contributed by atoms with Crippen molar-refractivity contribution in [1.82, 2.24) is 4.90 Å². The third-order valence-corrected chi connectivity index (χ3v) is 5.85. The van der Waals surface area contributed by atoms with Gasteiger partial charge < -0.3 is 4.74 Å². The van der Waals surface area contributed by atoms with Crippen LogP contribution in [-0.2, 0) is 17.7 Å². The Balaban J connectivity index is 1.63. The molecular formula is C17H23BrFNO. The lowest BCUT2D eigenvalue weighted by Crippen LogP contribution is -2.36. The van der Waals surface area contributed by atoms with Crippen LogP contribution in [0.25, 0.3) is 0 Å². The first-order valence-electron chi connectivity index (χ1n) is 7.83. The van der Waals surface area contributed by atoms with Crippen molar-refractivity contribution in [2.75, 3.05) is 26.3 Å². The molecule has 2 aliphatic rings. The van der Waals surface area contributed by atoms with E-state index in [0.717, 1.165) is 67.7 Å². The van der Waals surface area contributed by atoms with E-state index in [0.29, 0.717) is 5.41 Å². The van der Waals surface area contributed by atoms with Gasteiger partial charge in [0.2, 0.25) is 0 Å². The molecule has 0 spiro atoms. The number of hydrogen-bond acceptors (Lipinski definition) is 2. The van der Waals surface area contributed by atoms with Gasteiger partial charge in [-0.05, 0) is 55.3 Å². The molecule has 0 radical (unpaired) electrons. The predicted molar refractivity (Wildman–Crippen MR) is 85.9 cm³/mol. The number of ether oxygens (including phenoxy) is 1. The minimum Gasteiger partial charge on any atom is -0.381 e. The first kappa shape index (κ1) is 15.4. The van der Waals surface area contributed by atoms with Crippen LogP contribution in [0.3, 0.4) is 0 Å². The lowest BCUT2D eigenvalue weighted by atomic mass is 9.79. The maximum absolute atomic E-state index is 14.0. The first-order valence-corrected chi connectivity index (χ1v) is 8.63. The van der Waals surface area contributed by atoms with E-state index in [2.05, 4.69) is 27.8 Å². The maximum atomic E-state index is 14.0. The van der Waals surface area contributed by atoms with Gasteiger partial charge in [-0.3, -0.25) is 4.90 Å². The molecule has 116 valence electrons. The summed E-state index contributed by atoms with van der Waals surface area (Å²) in [5.74, 6) is -0.0600. The highest BCUT2D eigenvalue weighted by Gasteiger charge is 2.29. The Kier molecular flexibility index (Phi) is 4.67. The minimum atomic E-state index is -0.0600. The lowest BCUT2D eigenvalue weighted by molar-refractivity contribution is 0.0142. The number of benzene rings is 1. The van der Waals surface area contributed by atoms with Crippen LogP contribution in [0.1, 0.15) is 37.3 Å². The molecule has 3 rings (SSSR count). The van der Waals surface area contributed by atoms with Gasteiger partial charge in [0.25, 0.3) is 0 Å². The highest BCUT2D eigenvalue weighted by molar-refractivity contribution is 9.10. The molecule has 0 unspecified atom stereocenters. The van der Waals surface area contributed by atoms with Gasteiger partial charge in [-0.15, -0.1) is 0 Å². The Morgan fingerprint density at radius 1 is 1.29 bits per heavy atom. The van der Waals surface area contributed by atoms with Crippen molar-refractivity contribution < 1.29 is 9.13 Å². The fourth-order valence-corrected chi connectivity index (χ4v) is 3.95. The zero-order valence-electron chi connectivity index (χ0n) is 12.6. The fraction of sp³-hybridized carbons (Fsp3) is 0.647. The molecule has 0 atom stereocenters. The number of nitrogens with zero attached hydrogens (tertiary/aromatic N) is 1.